The molecule has 4 aliphatic rings. The zero-order valence-electron chi connectivity index (χ0n) is 33.1. The van der Waals surface area contributed by atoms with Gasteiger partial charge in [0.1, 0.15) is 6.10 Å². The van der Waals surface area contributed by atoms with Crippen LogP contribution in [0.4, 0.5) is 0 Å². The van der Waals surface area contributed by atoms with Gasteiger partial charge in [0.15, 0.2) is 0 Å². The molecule has 3 saturated carbocycles. The molecule has 0 heterocycles. The molecule has 0 radical (unpaired) electrons. The van der Waals surface area contributed by atoms with E-state index in [-0.39, 0.29) is 47.2 Å². The Morgan fingerprint density at radius 1 is 0.917 bits per heavy atom. The topological polar surface area (TPSA) is 72.6 Å². The van der Waals surface area contributed by atoms with E-state index in [0.717, 1.165) is 80.6 Å². The molecule has 0 bridgehead atoms. The molecule has 276 valence electrons. The van der Waals surface area contributed by atoms with Crippen molar-refractivity contribution in [2.75, 3.05) is 13.1 Å². The molecule has 0 aliphatic heterocycles. The first-order chi connectivity index (χ1) is 22.3. The lowest BCUT2D eigenvalue weighted by atomic mass is 9.47. The molecule has 5 nitrogen and oxygen atoms in total. The minimum Gasteiger partial charge on any atom is -0.462 e. The number of hydrogen-bond acceptors (Lipinski definition) is 4. The van der Waals surface area contributed by atoms with Gasteiger partial charge >= 0.3 is 5.97 Å². The second kappa shape index (κ2) is 15.9. The van der Waals surface area contributed by atoms with E-state index in [1.54, 1.807) is 5.57 Å². The molecule has 4 aliphatic carbocycles. The van der Waals surface area contributed by atoms with Crippen LogP contribution in [0.5, 0.6) is 0 Å². The summed E-state index contributed by atoms with van der Waals surface area (Å²) in [5, 5.41) is 0. The van der Waals surface area contributed by atoms with Crippen molar-refractivity contribution in [2.45, 2.75) is 184 Å². The lowest BCUT2D eigenvalue weighted by molar-refractivity contribution is -0.153. The Bertz CT molecular complexity index is 1110. The molecule has 0 aromatic rings. The maximum atomic E-state index is 13.3. The van der Waals surface area contributed by atoms with Gasteiger partial charge in [0.05, 0.1) is 6.42 Å². The SMILES string of the molecule is CC(C)CCC[C@@H](C)[C@H]1CC[C@H]2[C@@H]3CC=C4C[C@@H](OC(=O)CCC(=O)N(CCCC(C)(C)C)CCC(C)(C)N)CC[C@]4(C)[C@H]3CC[C@]12C. The number of nitrogens with zero attached hydrogens (tertiary/aromatic N) is 1. The van der Waals surface area contributed by atoms with Crippen LogP contribution in [0.2, 0.25) is 0 Å². The molecule has 0 aromatic heterocycles. The Balaban J connectivity index is 1.30. The number of amides is 1. The van der Waals surface area contributed by atoms with Crippen molar-refractivity contribution < 1.29 is 14.3 Å². The summed E-state index contributed by atoms with van der Waals surface area (Å²) >= 11 is 0. The van der Waals surface area contributed by atoms with Crippen molar-refractivity contribution in [1.82, 2.24) is 4.90 Å². The normalized spacial score (nSPS) is 32.6. The summed E-state index contributed by atoms with van der Waals surface area (Å²) in [4.78, 5) is 28.3. The van der Waals surface area contributed by atoms with Crippen LogP contribution in [0.1, 0.15) is 172 Å². The van der Waals surface area contributed by atoms with E-state index in [0.29, 0.717) is 12.0 Å². The maximum absolute atomic E-state index is 13.3. The number of esters is 1. The fraction of sp³-hybridized carbons (Fsp3) is 0.907. The minimum absolute atomic E-state index is 0.0470. The molecule has 4 rings (SSSR count). The average Bonchev–Trinajstić information content (AvgIpc) is 3.34. The Morgan fingerprint density at radius 3 is 2.31 bits per heavy atom. The van der Waals surface area contributed by atoms with Gasteiger partial charge in [0.2, 0.25) is 5.91 Å². The fourth-order valence-corrected chi connectivity index (χ4v) is 10.9. The smallest absolute Gasteiger partial charge is 0.306 e. The van der Waals surface area contributed by atoms with Crippen LogP contribution in [0, 0.1) is 51.8 Å². The Hall–Kier alpha value is -1.36. The van der Waals surface area contributed by atoms with E-state index in [1.807, 2.05) is 18.7 Å². The number of allylic oxidation sites excluding steroid dienone is 1. The van der Waals surface area contributed by atoms with Crippen LogP contribution >= 0.6 is 0 Å². The summed E-state index contributed by atoms with van der Waals surface area (Å²) in [7, 11) is 0. The summed E-state index contributed by atoms with van der Waals surface area (Å²) in [6, 6.07) is 0. The third-order valence-electron chi connectivity index (χ3n) is 13.8. The summed E-state index contributed by atoms with van der Waals surface area (Å²) in [6.45, 7) is 24.6. The first-order valence-corrected chi connectivity index (χ1v) is 20.3. The number of carbonyl (C=O) groups is 2. The molecule has 2 N–H and O–H groups in total. The van der Waals surface area contributed by atoms with Crippen LogP contribution in [0.25, 0.3) is 0 Å². The van der Waals surface area contributed by atoms with Crippen molar-refractivity contribution >= 4 is 11.9 Å². The Labute approximate surface area is 296 Å². The van der Waals surface area contributed by atoms with Crippen LogP contribution < -0.4 is 5.73 Å². The molecule has 3 fully saturated rings. The number of ether oxygens (including phenoxy) is 1. The van der Waals surface area contributed by atoms with E-state index in [4.69, 9.17) is 10.5 Å². The molecule has 0 aromatic carbocycles. The number of carbonyl (C=O) groups excluding carboxylic acids is 2. The van der Waals surface area contributed by atoms with Crippen LogP contribution in [0.15, 0.2) is 11.6 Å². The van der Waals surface area contributed by atoms with Gasteiger partial charge in [0.25, 0.3) is 0 Å². The molecule has 0 unspecified atom stereocenters. The molecule has 1 amide bonds. The van der Waals surface area contributed by atoms with Crippen molar-refractivity contribution in [2.24, 2.45) is 57.5 Å². The van der Waals surface area contributed by atoms with Crippen molar-refractivity contribution in [3.8, 4) is 0 Å². The number of hydrogen-bond donors (Lipinski definition) is 1. The van der Waals surface area contributed by atoms with Crippen molar-refractivity contribution in [1.29, 1.82) is 0 Å². The van der Waals surface area contributed by atoms with Gasteiger partial charge in [-0.15, -0.1) is 0 Å². The van der Waals surface area contributed by atoms with E-state index in [1.165, 1.54) is 51.4 Å². The molecule has 0 spiro atoms. The van der Waals surface area contributed by atoms with Crippen LogP contribution in [0.3, 0.4) is 0 Å². The molecular formula is C43H76N2O3. The van der Waals surface area contributed by atoms with Gasteiger partial charge in [-0.2, -0.15) is 0 Å². The van der Waals surface area contributed by atoms with E-state index >= 15 is 0 Å². The Morgan fingerprint density at radius 2 is 1.65 bits per heavy atom. The van der Waals surface area contributed by atoms with Crippen LogP contribution in [-0.2, 0) is 14.3 Å². The first kappa shape index (κ1) is 39.4. The Kier molecular flexibility index (Phi) is 13.1. The van der Waals surface area contributed by atoms with Gasteiger partial charge in [-0.1, -0.05) is 86.3 Å². The number of nitrogens with two attached hydrogens (primary N) is 1. The van der Waals surface area contributed by atoms with E-state index in [2.05, 4.69) is 61.5 Å². The monoisotopic (exact) mass is 669 g/mol. The lowest BCUT2D eigenvalue weighted by Crippen LogP contribution is -2.51. The van der Waals surface area contributed by atoms with Gasteiger partial charge in [-0.25, -0.2) is 0 Å². The van der Waals surface area contributed by atoms with Gasteiger partial charge in [-0.05, 0) is 130 Å². The van der Waals surface area contributed by atoms with Gasteiger partial charge in [0, 0.05) is 31.5 Å². The second-order valence-corrected chi connectivity index (χ2v) is 19.9. The van der Waals surface area contributed by atoms with Gasteiger partial charge < -0.3 is 15.4 Å². The largest absolute Gasteiger partial charge is 0.462 e. The summed E-state index contributed by atoms with van der Waals surface area (Å²) in [6.07, 6.45) is 19.6. The maximum Gasteiger partial charge on any atom is 0.306 e. The van der Waals surface area contributed by atoms with Gasteiger partial charge in [-0.3, -0.25) is 9.59 Å². The molecule has 8 atom stereocenters. The summed E-state index contributed by atoms with van der Waals surface area (Å²) in [5.74, 6) is 4.82. The molecule has 0 saturated heterocycles. The zero-order chi connectivity index (χ0) is 35.5. The number of fused-ring (bicyclic) bond motifs is 5. The highest BCUT2D eigenvalue weighted by Gasteiger charge is 2.59. The third-order valence-corrected chi connectivity index (χ3v) is 13.8. The quantitative estimate of drug-likeness (QED) is 0.139. The molecule has 5 heteroatoms. The molecule has 48 heavy (non-hydrogen) atoms. The zero-order valence-corrected chi connectivity index (χ0v) is 33.1. The number of rotatable bonds is 15. The highest BCUT2D eigenvalue weighted by atomic mass is 16.5. The van der Waals surface area contributed by atoms with E-state index < -0.39 is 0 Å². The first-order valence-electron chi connectivity index (χ1n) is 20.3. The highest BCUT2D eigenvalue weighted by molar-refractivity contribution is 5.81. The van der Waals surface area contributed by atoms with Crippen LogP contribution in [-0.4, -0.2) is 41.5 Å². The van der Waals surface area contributed by atoms with E-state index in [9.17, 15) is 9.59 Å². The fourth-order valence-electron chi connectivity index (χ4n) is 10.9. The third kappa shape index (κ3) is 9.91. The predicted octanol–water partition coefficient (Wildman–Crippen LogP) is 10.5. The second-order valence-electron chi connectivity index (χ2n) is 19.9. The van der Waals surface area contributed by atoms with Crippen molar-refractivity contribution in [3.05, 3.63) is 11.6 Å². The molecular weight excluding hydrogens is 592 g/mol. The lowest BCUT2D eigenvalue weighted by Gasteiger charge is -2.58. The summed E-state index contributed by atoms with van der Waals surface area (Å²) < 4.78 is 6.09. The standard InChI is InChI=1S/C43H76N2O3/c1-30(2)13-11-14-31(3)35-17-18-36-34-16-15-32-29-33(21-24-42(32,9)37(34)22-25-43(35,36)10)48-39(47)20-19-38(46)45(28-26-41(7,8)44)27-12-23-40(4,5)6/h15,30-31,33-37H,11-14,16-29,44H2,1-10H3/t31-,33+,34+,35-,36+,37+,42+,43-/m1/s1. The average molecular weight is 669 g/mol. The summed E-state index contributed by atoms with van der Waals surface area (Å²) in [5.41, 5.74) is 8.46. The van der Waals surface area contributed by atoms with Crippen molar-refractivity contribution in [3.63, 3.8) is 0 Å². The highest BCUT2D eigenvalue weighted by Crippen LogP contribution is 2.67. The minimum atomic E-state index is -0.326. The predicted molar refractivity (Wildman–Crippen MR) is 200 cm³/mol.